The molecule has 0 aliphatic rings. The second kappa shape index (κ2) is 6.00. The molecule has 3 nitrogen and oxygen atoms in total. The highest BCUT2D eigenvalue weighted by Gasteiger charge is 2.04. The fraction of sp³-hybridized carbons (Fsp3) is 0.308. The van der Waals surface area contributed by atoms with Crippen LogP contribution in [0.25, 0.3) is 10.9 Å². The van der Waals surface area contributed by atoms with Gasteiger partial charge in [-0.25, -0.2) is 0 Å². The second-order valence-corrected chi connectivity index (χ2v) is 4.87. The van der Waals surface area contributed by atoms with Gasteiger partial charge in [-0.15, -0.1) is 0 Å². The molecule has 1 aromatic heterocycles. The third-order valence-corrected chi connectivity index (χ3v) is 3.65. The van der Waals surface area contributed by atoms with Crippen LogP contribution in [0.1, 0.15) is 5.56 Å². The van der Waals surface area contributed by atoms with E-state index in [-0.39, 0.29) is 6.61 Å². The van der Waals surface area contributed by atoms with Gasteiger partial charge < -0.3 is 10.2 Å². The second-order valence-electron chi connectivity index (χ2n) is 3.84. The van der Waals surface area contributed by atoms with Gasteiger partial charge in [-0.1, -0.05) is 18.2 Å². The number of pyridine rings is 1. The van der Waals surface area contributed by atoms with E-state index >= 15 is 0 Å². The maximum Gasteiger partial charge on any atom is 0.0861 e. The smallest absolute Gasteiger partial charge is 0.0861 e. The highest BCUT2D eigenvalue weighted by Crippen LogP contribution is 2.21. The molecule has 4 heteroatoms. The van der Waals surface area contributed by atoms with Crippen LogP contribution in [-0.2, 0) is 5.75 Å². The lowest BCUT2D eigenvalue weighted by molar-refractivity contribution is 0.113. The van der Waals surface area contributed by atoms with Crippen LogP contribution in [0.4, 0.5) is 0 Å². The summed E-state index contributed by atoms with van der Waals surface area (Å²) in [5, 5.41) is 19.2. The summed E-state index contributed by atoms with van der Waals surface area (Å²) in [7, 11) is 0. The van der Waals surface area contributed by atoms with Crippen LogP contribution >= 0.6 is 11.8 Å². The molecular formula is C13H15NO2S. The Hall–Kier alpha value is -1.10. The Labute approximate surface area is 105 Å². The summed E-state index contributed by atoms with van der Waals surface area (Å²) in [5.74, 6) is 1.37. The van der Waals surface area contributed by atoms with E-state index in [0.717, 1.165) is 16.7 Å². The van der Waals surface area contributed by atoms with Crippen molar-refractivity contribution in [3.05, 3.63) is 42.1 Å². The first-order chi connectivity index (χ1) is 8.31. The third-order valence-electron chi connectivity index (χ3n) is 2.52. The summed E-state index contributed by atoms with van der Waals surface area (Å²) in [5.41, 5.74) is 2.21. The highest BCUT2D eigenvalue weighted by atomic mass is 32.2. The summed E-state index contributed by atoms with van der Waals surface area (Å²) >= 11 is 1.62. The van der Waals surface area contributed by atoms with Crippen molar-refractivity contribution in [1.82, 2.24) is 4.98 Å². The maximum atomic E-state index is 9.27. The van der Waals surface area contributed by atoms with Crippen LogP contribution in [0.15, 0.2) is 36.5 Å². The Morgan fingerprint density at radius 2 is 2.06 bits per heavy atom. The molecule has 0 fully saturated rings. The van der Waals surface area contributed by atoms with Crippen molar-refractivity contribution in [3.8, 4) is 0 Å². The molecule has 0 aliphatic carbocycles. The lowest BCUT2D eigenvalue weighted by Crippen LogP contribution is -2.14. The molecule has 1 unspecified atom stereocenters. The summed E-state index contributed by atoms with van der Waals surface area (Å²) in [4.78, 5) is 4.30. The first-order valence-electron chi connectivity index (χ1n) is 5.50. The Balaban J connectivity index is 2.08. The largest absolute Gasteiger partial charge is 0.394 e. The summed E-state index contributed by atoms with van der Waals surface area (Å²) < 4.78 is 0. The van der Waals surface area contributed by atoms with Crippen molar-refractivity contribution in [2.75, 3.05) is 12.4 Å². The van der Waals surface area contributed by atoms with Crippen molar-refractivity contribution < 1.29 is 10.2 Å². The van der Waals surface area contributed by atoms with E-state index < -0.39 is 6.10 Å². The molecule has 2 aromatic rings. The molecule has 0 spiro atoms. The monoisotopic (exact) mass is 249 g/mol. The predicted molar refractivity (Wildman–Crippen MR) is 71.0 cm³/mol. The van der Waals surface area contributed by atoms with Crippen LogP contribution in [0, 0.1) is 0 Å². The molecule has 17 heavy (non-hydrogen) atoms. The maximum absolute atomic E-state index is 9.27. The van der Waals surface area contributed by atoms with E-state index in [1.165, 1.54) is 5.56 Å². The van der Waals surface area contributed by atoms with E-state index in [1.807, 2.05) is 24.3 Å². The molecule has 1 heterocycles. The standard InChI is InChI=1S/C13H15NO2S/c15-7-11(16)9-17-8-10-5-6-14-13-4-2-1-3-12(10)13/h1-6,11,15-16H,7-9H2. The van der Waals surface area contributed by atoms with Gasteiger partial charge in [0, 0.05) is 23.1 Å². The molecule has 2 rings (SSSR count). The topological polar surface area (TPSA) is 53.4 Å². The minimum Gasteiger partial charge on any atom is -0.394 e. The molecule has 1 atom stereocenters. The number of thioether (sulfide) groups is 1. The SMILES string of the molecule is OCC(O)CSCc1ccnc2ccccc12. The number of fused-ring (bicyclic) bond motifs is 1. The van der Waals surface area contributed by atoms with Crippen molar-refractivity contribution in [2.24, 2.45) is 0 Å². The molecule has 2 N–H and O–H groups in total. The van der Waals surface area contributed by atoms with E-state index in [0.29, 0.717) is 5.75 Å². The number of aliphatic hydroxyl groups is 2. The molecule has 0 saturated heterocycles. The third kappa shape index (κ3) is 3.19. The first kappa shape index (κ1) is 12.4. The summed E-state index contributed by atoms with van der Waals surface area (Å²) in [6.45, 7) is -0.176. The number of rotatable bonds is 5. The quantitative estimate of drug-likeness (QED) is 0.848. The Kier molecular flexibility index (Phi) is 4.36. The number of para-hydroxylation sites is 1. The van der Waals surface area contributed by atoms with Gasteiger partial charge in [0.1, 0.15) is 0 Å². The average molecular weight is 249 g/mol. The van der Waals surface area contributed by atoms with Crippen LogP contribution in [0.2, 0.25) is 0 Å². The molecule has 1 aromatic carbocycles. The zero-order valence-electron chi connectivity index (χ0n) is 9.41. The Morgan fingerprint density at radius 1 is 1.24 bits per heavy atom. The van der Waals surface area contributed by atoms with Gasteiger partial charge in [0.15, 0.2) is 0 Å². The predicted octanol–water partition coefficient (Wildman–Crippen LogP) is 1.82. The zero-order chi connectivity index (χ0) is 12.1. The van der Waals surface area contributed by atoms with E-state index in [2.05, 4.69) is 11.1 Å². The van der Waals surface area contributed by atoms with E-state index in [9.17, 15) is 5.11 Å². The van der Waals surface area contributed by atoms with Crippen molar-refractivity contribution in [2.45, 2.75) is 11.9 Å². The number of aliphatic hydroxyl groups excluding tert-OH is 2. The van der Waals surface area contributed by atoms with Crippen LogP contribution < -0.4 is 0 Å². The fourth-order valence-corrected chi connectivity index (χ4v) is 2.61. The fourth-order valence-electron chi connectivity index (χ4n) is 1.64. The van der Waals surface area contributed by atoms with Gasteiger partial charge in [-0.2, -0.15) is 11.8 Å². The minimum atomic E-state index is -0.631. The van der Waals surface area contributed by atoms with Gasteiger partial charge in [-0.3, -0.25) is 4.98 Å². The number of nitrogens with zero attached hydrogens (tertiary/aromatic N) is 1. The summed E-state index contributed by atoms with van der Waals surface area (Å²) in [6.07, 6.45) is 1.17. The molecule has 0 aliphatic heterocycles. The Morgan fingerprint density at radius 3 is 2.88 bits per heavy atom. The lowest BCUT2D eigenvalue weighted by atomic mass is 10.1. The number of hydrogen-bond donors (Lipinski definition) is 2. The number of aromatic nitrogens is 1. The number of hydrogen-bond acceptors (Lipinski definition) is 4. The van der Waals surface area contributed by atoms with Crippen molar-refractivity contribution >= 4 is 22.7 Å². The van der Waals surface area contributed by atoms with Gasteiger partial charge in [-0.05, 0) is 17.7 Å². The van der Waals surface area contributed by atoms with Gasteiger partial charge >= 0.3 is 0 Å². The van der Waals surface area contributed by atoms with E-state index in [4.69, 9.17) is 5.11 Å². The van der Waals surface area contributed by atoms with Gasteiger partial charge in [0.2, 0.25) is 0 Å². The molecule has 0 bridgehead atoms. The molecule has 0 saturated carbocycles. The van der Waals surface area contributed by atoms with Crippen LogP contribution in [0.3, 0.4) is 0 Å². The highest BCUT2D eigenvalue weighted by molar-refractivity contribution is 7.98. The van der Waals surface area contributed by atoms with Gasteiger partial charge in [0.25, 0.3) is 0 Å². The molecule has 90 valence electrons. The summed E-state index contributed by atoms with van der Waals surface area (Å²) in [6, 6.07) is 10.0. The zero-order valence-corrected chi connectivity index (χ0v) is 10.2. The van der Waals surface area contributed by atoms with Crippen LogP contribution in [0.5, 0.6) is 0 Å². The van der Waals surface area contributed by atoms with Gasteiger partial charge in [0.05, 0.1) is 18.2 Å². The van der Waals surface area contributed by atoms with Crippen molar-refractivity contribution in [1.29, 1.82) is 0 Å². The molecular weight excluding hydrogens is 234 g/mol. The first-order valence-corrected chi connectivity index (χ1v) is 6.66. The Bertz CT molecular complexity index is 484. The average Bonchev–Trinajstić information content (AvgIpc) is 2.39. The van der Waals surface area contributed by atoms with Crippen LogP contribution in [-0.4, -0.2) is 33.7 Å². The minimum absolute atomic E-state index is 0.176. The molecule has 0 radical (unpaired) electrons. The van der Waals surface area contributed by atoms with E-state index in [1.54, 1.807) is 18.0 Å². The lowest BCUT2D eigenvalue weighted by Gasteiger charge is -2.08. The normalized spacial score (nSPS) is 12.8. The van der Waals surface area contributed by atoms with Crippen molar-refractivity contribution in [3.63, 3.8) is 0 Å². The molecule has 0 amide bonds. The number of benzene rings is 1.